The van der Waals surface area contributed by atoms with Gasteiger partial charge in [-0.1, -0.05) is 18.2 Å². The van der Waals surface area contributed by atoms with Crippen molar-refractivity contribution in [2.75, 3.05) is 58.9 Å². The molecule has 2 aliphatic heterocycles. The van der Waals surface area contributed by atoms with Crippen LogP contribution in [0.3, 0.4) is 0 Å². The Morgan fingerprint density at radius 3 is 2.47 bits per heavy atom. The van der Waals surface area contributed by atoms with Crippen molar-refractivity contribution >= 4 is 11.9 Å². The number of carbonyl (C=O) groups excluding carboxylic acids is 1. The Kier molecular flexibility index (Phi) is 8.45. The molecule has 2 heterocycles. The number of hydrogen-bond donors (Lipinski definition) is 2. The van der Waals surface area contributed by atoms with E-state index >= 15 is 0 Å². The number of guanidine groups is 1. The zero-order valence-electron chi connectivity index (χ0n) is 17.9. The number of aliphatic hydroxyl groups excluding tert-OH is 1. The van der Waals surface area contributed by atoms with Crippen molar-refractivity contribution < 1.29 is 14.3 Å². The first-order valence-corrected chi connectivity index (χ1v) is 11.0. The number of amides is 1. The van der Waals surface area contributed by atoms with Gasteiger partial charge in [-0.05, 0) is 32.3 Å². The average molecular weight is 420 g/mol. The Morgan fingerprint density at radius 1 is 1.10 bits per heavy atom. The summed E-state index contributed by atoms with van der Waals surface area (Å²) in [5, 5.41) is 13.6. The van der Waals surface area contributed by atoms with Crippen LogP contribution < -0.4 is 5.32 Å². The number of nitrogens with zero attached hydrogens (tertiary/aromatic N) is 4. The van der Waals surface area contributed by atoms with E-state index < -0.39 is 11.9 Å². The summed E-state index contributed by atoms with van der Waals surface area (Å²) >= 11 is 0. The Balaban J connectivity index is 1.51. The lowest BCUT2D eigenvalue weighted by Crippen LogP contribution is -2.54. The first-order valence-electron chi connectivity index (χ1n) is 11.0. The molecule has 0 bridgehead atoms. The van der Waals surface area contributed by atoms with Crippen LogP contribution in [0.15, 0.2) is 29.3 Å². The van der Waals surface area contributed by atoms with Crippen molar-refractivity contribution in [3.05, 3.63) is 35.6 Å². The van der Waals surface area contributed by atoms with Crippen molar-refractivity contribution in [2.45, 2.75) is 32.3 Å². The molecule has 0 aromatic heterocycles. The molecule has 8 heteroatoms. The summed E-state index contributed by atoms with van der Waals surface area (Å²) in [5.41, 5.74) is 0.262. The SMILES string of the molecule is CCNC(=NCC(O)c1ccccc1F)N1CCN(CC(=O)N2CCCCC2)CC1. The van der Waals surface area contributed by atoms with Crippen LogP contribution in [0.1, 0.15) is 37.9 Å². The Hall–Kier alpha value is -2.19. The lowest BCUT2D eigenvalue weighted by atomic mass is 10.1. The minimum Gasteiger partial charge on any atom is -0.386 e. The number of piperidine rings is 1. The number of aliphatic imine (C=N–C) groups is 1. The molecular weight excluding hydrogens is 385 g/mol. The van der Waals surface area contributed by atoms with Crippen LogP contribution in [0.4, 0.5) is 4.39 Å². The summed E-state index contributed by atoms with van der Waals surface area (Å²) in [6.45, 7) is 8.16. The number of carbonyl (C=O) groups is 1. The van der Waals surface area contributed by atoms with E-state index in [0.29, 0.717) is 13.1 Å². The molecule has 2 N–H and O–H groups in total. The topological polar surface area (TPSA) is 71.4 Å². The molecule has 1 amide bonds. The van der Waals surface area contributed by atoms with Gasteiger partial charge in [0.05, 0.1) is 13.1 Å². The van der Waals surface area contributed by atoms with Crippen LogP contribution in [0.5, 0.6) is 0 Å². The molecule has 2 fully saturated rings. The first kappa shape index (κ1) is 22.5. The maximum Gasteiger partial charge on any atom is 0.236 e. The van der Waals surface area contributed by atoms with E-state index in [9.17, 15) is 14.3 Å². The molecule has 0 aliphatic carbocycles. The van der Waals surface area contributed by atoms with E-state index in [1.165, 1.54) is 12.5 Å². The molecule has 7 nitrogen and oxygen atoms in total. The van der Waals surface area contributed by atoms with E-state index in [4.69, 9.17) is 0 Å². The maximum absolute atomic E-state index is 13.9. The number of nitrogens with one attached hydrogen (secondary N) is 1. The molecule has 2 saturated heterocycles. The third kappa shape index (κ3) is 6.15. The molecule has 0 spiro atoms. The summed E-state index contributed by atoms with van der Waals surface area (Å²) in [4.78, 5) is 23.4. The third-order valence-electron chi connectivity index (χ3n) is 5.75. The molecule has 0 saturated carbocycles. The molecule has 166 valence electrons. The maximum atomic E-state index is 13.9. The van der Waals surface area contributed by atoms with Crippen LogP contribution in [-0.2, 0) is 4.79 Å². The number of piperazine rings is 1. The zero-order chi connectivity index (χ0) is 21.3. The summed E-state index contributed by atoms with van der Waals surface area (Å²) in [7, 11) is 0. The number of benzene rings is 1. The van der Waals surface area contributed by atoms with Crippen LogP contribution in [0, 0.1) is 5.82 Å². The van der Waals surface area contributed by atoms with Crippen molar-refractivity contribution in [3.63, 3.8) is 0 Å². The number of hydrogen-bond acceptors (Lipinski definition) is 4. The fraction of sp³-hybridized carbons (Fsp3) is 0.636. The van der Waals surface area contributed by atoms with Gasteiger partial charge in [-0.15, -0.1) is 0 Å². The second-order valence-corrected chi connectivity index (χ2v) is 7.94. The Labute approximate surface area is 178 Å². The molecule has 1 unspecified atom stereocenters. The van der Waals surface area contributed by atoms with Gasteiger partial charge in [-0.25, -0.2) is 4.39 Å². The van der Waals surface area contributed by atoms with E-state index in [2.05, 4.69) is 20.1 Å². The van der Waals surface area contributed by atoms with Crippen molar-refractivity contribution in [1.82, 2.24) is 20.0 Å². The first-order chi connectivity index (χ1) is 14.6. The van der Waals surface area contributed by atoms with Gasteiger partial charge in [-0.3, -0.25) is 14.7 Å². The van der Waals surface area contributed by atoms with Crippen LogP contribution in [-0.4, -0.2) is 90.6 Å². The predicted molar refractivity (Wildman–Crippen MR) is 116 cm³/mol. The molecule has 0 radical (unpaired) electrons. The molecule has 1 aromatic carbocycles. The predicted octanol–water partition coefficient (Wildman–Crippen LogP) is 1.45. The molecular formula is C22H34FN5O2. The number of rotatable bonds is 6. The lowest BCUT2D eigenvalue weighted by Gasteiger charge is -2.37. The lowest BCUT2D eigenvalue weighted by molar-refractivity contribution is -0.133. The zero-order valence-corrected chi connectivity index (χ0v) is 17.9. The van der Waals surface area contributed by atoms with E-state index in [1.807, 2.05) is 11.8 Å². The van der Waals surface area contributed by atoms with Gasteiger partial charge in [0.25, 0.3) is 0 Å². The number of likely N-dealkylation sites (tertiary alicyclic amines) is 1. The highest BCUT2D eigenvalue weighted by Gasteiger charge is 2.24. The highest BCUT2D eigenvalue weighted by molar-refractivity contribution is 5.80. The third-order valence-corrected chi connectivity index (χ3v) is 5.75. The highest BCUT2D eigenvalue weighted by Crippen LogP contribution is 2.17. The molecule has 1 aromatic rings. The van der Waals surface area contributed by atoms with Gasteiger partial charge in [0, 0.05) is 51.4 Å². The number of aliphatic hydroxyl groups is 1. The fourth-order valence-electron chi connectivity index (χ4n) is 3.99. The van der Waals surface area contributed by atoms with Crippen molar-refractivity contribution in [3.8, 4) is 0 Å². The van der Waals surface area contributed by atoms with Crippen molar-refractivity contribution in [1.29, 1.82) is 0 Å². The average Bonchev–Trinajstić information content (AvgIpc) is 2.78. The van der Waals surface area contributed by atoms with Crippen LogP contribution in [0.25, 0.3) is 0 Å². The van der Waals surface area contributed by atoms with Gasteiger partial charge in [0.1, 0.15) is 11.9 Å². The minimum absolute atomic E-state index is 0.0942. The highest BCUT2D eigenvalue weighted by atomic mass is 19.1. The van der Waals surface area contributed by atoms with Gasteiger partial charge in [0.2, 0.25) is 5.91 Å². The molecule has 2 aliphatic rings. The quantitative estimate of drug-likeness (QED) is 0.540. The normalized spacial score (nSPS) is 19.6. The van der Waals surface area contributed by atoms with Gasteiger partial charge < -0.3 is 20.2 Å². The Bertz CT molecular complexity index is 715. The summed E-state index contributed by atoms with van der Waals surface area (Å²) in [6.07, 6.45) is 2.46. The van der Waals surface area contributed by atoms with Gasteiger partial charge in [0.15, 0.2) is 5.96 Å². The largest absolute Gasteiger partial charge is 0.386 e. The van der Waals surface area contributed by atoms with Gasteiger partial charge >= 0.3 is 0 Å². The summed E-state index contributed by atoms with van der Waals surface area (Å²) in [5.74, 6) is 0.531. The molecule has 1 atom stereocenters. The van der Waals surface area contributed by atoms with Gasteiger partial charge in [-0.2, -0.15) is 0 Å². The van der Waals surface area contributed by atoms with Crippen LogP contribution in [0.2, 0.25) is 0 Å². The number of halogens is 1. The summed E-state index contributed by atoms with van der Waals surface area (Å²) in [6, 6.07) is 6.24. The summed E-state index contributed by atoms with van der Waals surface area (Å²) < 4.78 is 13.9. The van der Waals surface area contributed by atoms with E-state index in [1.54, 1.807) is 18.2 Å². The molecule has 3 rings (SSSR count). The van der Waals surface area contributed by atoms with E-state index in [-0.39, 0.29) is 18.0 Å². The minimum atomic E-state index is -0.983. The standard InChI is InChI=1S/C22H34FN5O2/c1-2-24-22(25-16-20(29)18-8-4-5-9-19(18)23)28-14-12-26(13-15-28)17-21(30)27-10-6-3-7-11-27/h4-5,8-9,20,29H,2-3,6-7,10-17H2,1H3,(H,24,25). The fourth-order valence-corrected chi connectivity index (χ4v) is 3.99. The molecule has 30 heavy (non-hydrogen) atoms. The van der Waals surface area contributed by atoms with E-state index in [0.717, 1.165) is 58.1 Å². The monoisotopic (exact) mass is 419 g/mol. The second-order valence-electron chi connectivity index (χ2n) is 7.94. The van der Waals surface area contributed by atoms with Crippen LogP contribution >= 0.6 is 0 Å². The Morgan fingerprint density at radius 2 is 1.80 bits per heavy atom. The smallest absolute Gasteiger partial charge is 0.236 e. The second kappa shape index (κ2) is 11.3. The van der Waals surface area contributed by atoms with Crippen molar-refractivity contribution in [2.24, 2.45) is 4.99 Å².